The lowest BCUT2D eigenvalue weighted by molar-refractivity contribution is -0.121. The number of piperidine rings is 1. The molecule has 0 spiro atoms. The van der Waals surface area contributed by atoms with E-state index in [-0.39, 0.29) is 23.1 Å². The Morgan fingerprint density at radius 2 is 1.77 bits per heavy atom. The monoisotopic (exact) mass is 418 g/mol. The lowest BCUT2D eigenvalue weighted by Gasteiger charge is -2.33. The normalized spacial score (nSPS) is 19.2. The molecule has 4 nitrogen and oxygen atoms in total. The minimum Gasteiger partial charge on any atom is -0.338 e. The first-order valence-corrected chi connectivity index (χ1v) is 11.5. The van der Waals surface area contributed by atoms with Crippen LogP contribution in [-0.2, 0) is 10.2 Å². The van der Waals surface area contributed by atoms with Gasteiger partial charge in [-0.25, -0.2) is 0 Å². The summed E-state index contributed by atoms with van der Waals surface area (Å²) < 4.78 is 0. The summed E-state index contributed by atoms with van der Waals surface area (Å²) in [6.45, 7) is 9.73. The molecule has 2 aromatic rings. The van der Waals surface area contributed by atoms with Gasteiger partial charge in [0.1, 0.15) is 0 Å². The summed E-state index contributed by atoms with van der Waals surface area (Å²) in [6, 6.07) is 14.3. The minimum atomic E-state index is -0.176. The molecule has 2 fully saturated rings. The third-order valence-electron chi connectivity index (χ3n) is 6.61. The maximum atomic E-state index is 13.4. The standard InChI is InChI=1S/C27H34N2O2/c1-18-8-5-12-23(19-13-14-19)24(18)26(31)29-15-7-9-20(17-29)25(30)28-22-11-6-10-21(16-22)27(2,3)4/h5-6,8,10-12,16,19-20H,7,9,13-15,17H2,1-4H3,(H,28,30)/t20-/m0/s1. The summed E-state index contributed by atoms with van der Waals surface area (Å²) >= 11 is 0. The predicted octanol–water partition coefficient (Wildman–Crippen LogP) is 5.66. The molecule has 2 aliphatic rings. The zero-order chi connectivity index (χ0) is 22.2. The highest BCUT2D eigenvalue weighted by Gasteiger charge is 2.33. The van der Waals surface area contributed by atoms with Crippen LogP contribution < -0.4 is 5.32 Å². The fourth-order valence-corrected chi connectivity index (χ4v) is 4.56. The fourth-order valence-electron chi connectivity index (χ4n) is 4.56. The van der Waals surface area contributed by atoms with Gasteiger partial charge in [0.05, 0.1) is 5.92 Å². The average Bonchev–Trinajstić information content (AvgIpc) is 3.58. The third kappa shape index (κ3) is 4.84. The van der Waals surface area contributed by atoms with E-state index in [1.54, 1.807) is 0 Å². The molecule has 1 saturated heterocycles. The summed E-state index contributed by atoms with van der Waals surface area (Å²) in [5.41, 5.74) is 5.15. The van der Waals surface area contributed by atoms with Crippen LogP contribution in [-0.4, -0.2) is 29.8 Å². The number of nitrogens with zero attached hydrogens (tertiary/aromatic N) is 1. The zero-order valence-electron chi connectivity index (χ0n) is 19.2. The summed E-state index contributed by atoms with van der Waals surface area (Å²) in [6.07, 6.45) is 4.01. The van der Waals surface area contributed by atoms with Gasteiger partial charge in [0.2, 0.25) is 5.91 Å². The Balaban J connectivity index is 1.47. The first-order valence-electron chi connectivity index (χ1n) is 11.5. The van der Waals surface area contributed by atoms with Gasteiger partial charge in [-0.05, 0) is 72.8 Å². The Morgan fingerprint density at radius 1 is 1.03 bits per heavy atom. The van der Waals surface area contributed by atoms with Crippen molar-refractivity contribution >= 4 is 17.5 Å². The number of carbonyl (C=O) groups excluding carboxylic acids is 2. The van der Waals surface area contributed by atoms with Crippen molar-refractivity contribution < 1.29 is 9.59 Å². The molecule has 2 amide bonds. The third-order valence-corrected chi connectivity index (χ3v) is 6.61. The van der Waals surface area contributed by atoms with Crippen LogP contribution in [0, 0.1) is 12.8 Å². The number of hydrogen-bond donors (Lipinski definition) is 1. The van der Waals surface area contributed by atoms with E-state index in [0.717, 1.165) is 36.2 Å². The largest absolute Gasteiger partial charge is 0.338 e. The number of amides is 2. The zero-order valence-corrected chi connectivity index (χ0v) is 19.2. The molecule has 164 valence electrons. The van der Waals surface area contributed by atoms with Crippen molar-refractivity contribution in [3.63, 3.8) is 0 Å². The molecule has 0 unspecified atom stereocenters. The van der Waals surface area contributed by atoms with Gasteiger partial charge >= 0.3 is 0 Å². The van der Waals surface area contributed by atoms with Gasteiger partial charge in [-0.1, -0.05) is 51.1 Å². The lowest BCUT2D eigenvalue weighted by atomic mass is 9.87. The Hall–Kier alpha value is -2.62. The SMILES string of the molecule is Cc1cccc(C2CC2)c1C(=O)N1CCC[C@H](C(=O)Nc2cccc(C(C)(C)C)c2)C1. The smallest absolute Gasteiger partial charge is 0.254 e. The van der Waals surface area contributed by atoms with Gasteiger partial charge in [-0.15, -0.1) is 0 Å². The summed E-state index contributed by atoms with van der Waals surface area (Å²) in [5.74, 6) is 0.449. The van der Waals surface area contributed by atoms with Gasteiger partial charge in [-0.3, -0.25) is 9.59 Å². The Morgan fingerprint density at radius 3 is 2.48 bits per heavy atom. The molecule has 1 heterocycles. The molecule has 1 aliphatic heterocycles. The number of nitrogens with one attached hydrogen (secondary N) is 1. The van der Waals surface area contributed by atoms with Crippen molar-refractivity contribution in [2.45, 2.75) is 64.7 Å². The summed E-state index contributed by atoms with van der Waals surface area (Å²) in [4.78, 5) is 28.4. The van der Waals surface area contributed by atoms with Crippen molar-refractivity contribution in [3.8, 4) is 0 Å². The van der Waals surface area contributed by atoms with Crippen molar-refractivity contribution in [2.75, 3.05) is 18.4 Å². The molecule has 2 aromatic carbocycles. The number of anilines is 1. The maximum Gasteiger partial charge on any atom is 0.254 e. The second-order valence-electron chi connectivity index (χ2n) is 10.2. The lowest BCUT2D eigenvalue weighted by Crippen LogP contribution is -2.44. The van der Waals surface area contributed by atoms with E-state index in [0.29, 0.717) is 12.5 Å². The summed E-state index contributed by atoms with van der Waals surface area (Å²) in [5, 5.41) is 3.10. The van der Waals surface area contributed by atoms with Gasteiger partial charge in [0.15, 0.2) is 0 Å². The number of rotatable bonds is 4. The second kappa shape index (κ2) is 8.49. The molecule has 1 aliphatic carbocycles. The van der Waals surface area contributed by atoms with E-state index in [1.807, 2.05) is 30.0 Å². The van der Waals surface area contributed by atoms with E-state index >= 15 is 0 Å². The van der Waals surface area contributed by atoms with E-state index in [9.17, 15) is 9.59 Å². The molecule has 0 aromatic heterocycles. The van der Waals surface area contributed by atoms with Crippen LogP contribution in [0.15, 0.2) is 42.5 Å². The van der Waals surface area contributed by atoms with E-state index in [1.165, 1.54) is 24.0 Å². The molecule has 0 radical (unpaired) electrons. The molecule has 1 atom stereocenters. The molecule has 4 heteroatoms. The number of carbonyl (C=O) groups is 2. The topological polar surface area (TPSA) is 49.4 Å². The molecular weight excluding hydrogens is 384 g/mol. The van der Waals surface area contributed by atoms with E-state index < -0.39 is 0 Å². The van der Waals surface area contributed by atoms with Crippen molar-refractivity contribution in [2.24, 2.45) is 5.92 Å². The fraction of sp³-hybridized carbons (Fsp3) is 0.481. The van der Waals surface area contributed by atoms with Gasteiger partial charge in [0.25, 0.3) is 5.91 Å². The van der Waals surface area contributed by atoms with Crippen LogP contribution in [0.1, 0.15) is 79.4 Å². The van der Waals surface area contributed by atoms with Crippen LogP contribution in [0.3, 0.4) is 0 Å². The first kappa shape index (κ1) is 21.6. The van der Waals surface area contributed by atoms with Crippen LogP contribution in [0.5, 0.6) is 0 Å². The van der Waals surface area contributed by atoms with E-state index in [4.69, 9.17) is 0 Å². The highest BCUT2D eigenvalue weighted by atomic mass is 16.2. The van der Waals surface area contributed by atoms with Crippen LogP contribution >= 0.6 is 0 Å². The number of hydrogen-bond acceptors (Lipinski definition) is 2. The molecular formula is C27H34N2O2. The van der Waals surface area contributed by atoms with Crippen LogP contribution in [0.25, 0.3) is 0 Å². The Kier molecular flexibility index (Phi) is 5.92. The quantitative estimate of drug-likeness (QED) is 0.696. The Labute approximate surface area is 186 Å². The number of likely N-dealkylation sites (tertiary alicyclic amines) is 1. The maximum absolute atomic E-state index is 13.4. The van der Waals surface area contributed by atoms with Gasteiger partial charge < -0.3 is 10.2 Å². The summed E-state index contributed by atoms with van der Waals surface area (Å²) in [7, 11) is 0. The van der Waals surface area contributed by atoms with Crippen LogP contribution in [0.4, 0.5) is 5.69 Å². The van der Waals surface area contributed by atoms with Crippen molar-refractivity contribution in [1.29, 1.82) is 0 Å². The second-order valence-corrected chi connectivity index (χ2v) is 10.2. The van der Waals surface area contributed by atoms with Gasteiger partial charge in [-0.2, -0.15) is 0 Å². The average molecular weight is 419 g/mol. The predicted molar refractivity (Wildman–Crippen MR) is 126 cm³/mol. The first-order chi connectivity index (χ1) is 14.7. The highest BCUT2D eigenvalue weighted by Crippen LogP contribution is 2.42. The van der Waals surface area contributed by atoms with E-state index in [2.05, 4.69) is 50.4 Å². The molecule has 1 saturated carbocycles. The van der Waals surface area contributed by atoms with Crippen molar-refractivity contribution in [3.05, 3.63) is 64.7 Å². The number of benzene rings is 2. The molecule has 1 N–H and O–H groups in total. The van der Waals surface area contributed by atoms with Crippen LogP contribution in [0.2, 0.25) is 0 Å². The minimum absolute atomic E-state index is 0.00996. The van der Waals surface area contributed by atoms with Gasteiger partial charge in [0, 0.05) is 24.3 Å². The molecule has 4 rings (SSSR count). The molecule has 0 bridgehead atoms. The number of aryl methyl sites for hydroxylation is 1. The highest BCUT2D eigenvalue weighted by molar-refractivity contribution is 5.98. The Bertz CT molecular complexity index is 985. The van der Waals surface area contributed by atoms with Crippen molar-refractivity contribution in [1.82, 2.24) is 4.90 Å². The molecule has 31 heavy (non-hydrogen) atoms.